The molecule has 1 aliphatic heterocycles. The lowest BCUT2D eigenvalue weighted by atomic mass is 10.1. The molecular weight excluding hydrogens is 344 g/mol. The molecule has 5 rings (SSSR count). The van der Waals surface area contributed by atoms with Crippen LogP contribution in [-0.2, 0) is 0 Å². The summed E-state index contributed by atoms with van der Waals surface area (Å²) in [5.41, 5.74) is 3.36. The maximum Gasteiger partial charge on any atom is 0.231 e. The Hall–Kier alpha value is -3.74. The molecule has 0 unspecified atom stereocenters. The van der Waals surface area contributed by atoms with Gasteiger partial charge >= 0.3 is 0 Å². The summed E-state index contributed by atoms with van der Waals surface area (Å²) in [5, 5.41) is 3.46. The van der Waals surface area contributed by atoms with E-state index in [1.165, 1.54) is 0 Å². The van der Waals surface area contributed by atoms with Crippen molar-refractivity contribution >= 4 is 17.2 Å². The van der Waals surface area contributed by atoms with Gasteiger partial charge in [-0.25, -0.2) is 4.98 Å². The molecule has 1 aliphatic rings. The Morgan fingerprint density at radius 3 is 2.96 bits per heavy atom. The molecule has 0 radical (unpaired) electrons. The molecule has 7 heteroatoms. The largest absolute Gasteiger partial charge is 0.497 e. The molecule has 7 nitrogen and oxygen atoms in total. The monoisotopic (exact) mass is 360 g/mol. The first kappa shape index (κ1) is 15.5. The third-order valence-electron chi connectivity index (χ3n) is 4.41. The van der Waals surface area contributed by atoms with Gasteiger partial charge in [0.05, 0.1) is 13.3 Å². The number of benzene rings is 2. The number of nitrogens with one attached hydrogen (secondary N) is 1. The number of imidazole rings is 1. The number of nitrogens with zero attached hydrogens (tertiary/aromatic N) is 3. The van der Waals surface area contributed by atoms with Crippen LogP contribution in [-0.4, -0.2) is 28.3 Å². The Morgan fingerprint density at radius 2 is 2.04 bits per heavy atom. The molecule has 4 aromatic rings. The zero-order valence-electron chi connectivity index (χ0n) is 14.5. The van der Waals surface area contributed by atoms with E-state index in [4.69, 9.17) is 19.2 Å². The van der Waals surface area contributed by atoms with Crippen molar-refractivity contribution in [1.29, 1.82) is 0 Å². The second-order valence-corrected chi connectivity index (χ2v) is 6.04. The summed E-state index contributed by atoms with van der Waals surface area (Å²) < 4.78 is 18.2. The fourth-order valence-electron chi connectivity index (χ4n) is 3.11. The molecule has 0 spiro atoms. The highest BCUT2D eigenvalue weighted by Crippen LogP contribution is 2.38. The van der Waals surface area contributed by atoms with Gasteiger partial charge in [0.1, 0.15) is 17.3 Å². The number of ether oxygens (including phenoxy) is 3. The van der Waals surface area contributed by atoms with Crippen LogP contribution in [0.25, 0.3) is 16.9 Å². The van der Waals surface area contributed by atoms with E-state index < -0.39 is 0 Å². The highest BCUT2D eigenvalue weighted by molar-refractivity contribution is 5.80. The van der Waals surface area contributed by atoms with Crippen molar-refractivity contribution in [3.8, 4) is 28.5 Å². The van der Waals surface area contributed by atoms with E-state index in [9.17, 15) is 0 Å². The van der Waals surface area contributed by atoms with Crippen LogP contribution in [0, 0.1) is 0 Å². The van der Waals surface area contributed by atoms with Crippen LogP contribution in [0.2, 0.25) is 0 Å². The average molecular weight is 360 g/mol. The first-order valence-electron chi connectivity index (χ1n) is 8.45. The van der Waals surface area contributed by atoms with Crippen molar-refractivity contribution in [2.75, 3.05) is 19.2 Å². The molecule has 2 aromatic carbocycles. The summed E-state index contributed by atoms with van der Waals surface area (Å²) in [6.45, 7) is 0.239. The molecule has 2 aromatic heterocycles. The molecule has 134 valence electrons. The van der Waals surface area contributed by atoms with Crippen LogP contribution in [0.5, 0.6) is 17.2 Å². The number of hydrogen-bond donors (Lipinski definition) is 1. The number of hydrogen-bond acceptors (Lipinski definition) is 6. The van der Waals surface area contributed by atoms with Crippen molar-refractivity contribution < 1.29 is 14.2 Å². The molecule has 0 aliphatic carbocycles. The minimum Gasteiger partial charge on any atom is -0.497 e. The average Bonchev–Trinajstić information content (AvgIpc) is 3.32. The molecule has 0 saturated heterocycles. The standard InChI is InChI=1S/C20H16N4O3/c1-25-15-4-2-3-14(10-15)22-20-19(23-18-11-21-7-8-24(18)20)13-5-6-16-17(9-13)27-12-26-16/h2-11,22H,12H2,1H3. The van der Waals surface area contributed by atoms with Crippen LogP contribution in [0.15, 0.2) is 61.1 Å². The van der Waals surface area contributed by atoms with Crippen molar-refractivity contribution in [3.05, 3.63) is 61.1 Å². The van der Waals surface area contributed by atoms with E-state index in [1.54, 1.807) is 19.5 Å². The highest BCUT2D eigenvalue weighted by atomic mass is 16.7. The maximum absolute atomic E-state index is 5.52. The topological polar surface area (TPSA) is 69.9 Å². The summed E-state index contributed by atoms with van der Waals surface area (Å²) in [4.78, 5) is 8.93. The lowest BCUT2D eigenvalue weighted by Crippen LogP contribution is -1.97. The van der Waals surface area contributed by atoms with E-state index in [1.807, 2.05) is 53.1 Å². The lowest BCUT2D eigenvalue weighted by molar-refractivity contribution is 0.174. The van der Waals surface area contributed by atoms with Crippen molar-refractivity contribution in [1.82, 2.24) is 14.4 Å². The molecule has 0 amide bonds. The van der Waals surface area contributed by atoms with Crippen LogP contribution in [0.4, 0.5) is 11.5 Å². The number of rotatable bonds is 4. The summed E-state index contributed by atoms with van der Waals surface area (Å²) in [6, 6.07) is 13.6. The third-order valence-corrected chi connectivity index (χ3v) is 4.41. The van der Waals surface area contributed by atoms with E-state index in [2.05, 4.69) is 10.3 Å². The summed E-state index contributed by atoms with van der Waals surface area (Å²) in [6.07, 6.45) is 5.34. The van der Waals surface area contributed by atoms with Crippen LogP contribution >= 0.6 is 0 Å². The smallest absolute Gasteiger partial charge is 0.231 e. The summed E-state index contributed by atoms with van der Waals surface area (Å²) >= 11 is 0. The van der Waals surface area contributed by atoms with E-state index in [-0.39, 0.29) is 6.79 Å². The molecular formula is C20H16N4O3. The normalized spacial score (nSPS) is 12.3. The molecule has 0 bridgehead atoms. The molecule has 0 atom stereocenters. The first-order chi connectivity index (χ1) is 13.3. The number of fused-ring (bicyclic) bond motifs is 2. The van der Waals surface area contributed by atoms with Gasteiger partial charge in [-0.05, 0) is 30.3 Å². The van der Waals surface area contributed by atoms with Gasteiger partial charge in [-0.1, -0.05) is 6.07 Å². The van der Waals surface area contributed by atoms with E-state index >= 15 is 0 Å². The molecule has 27 heavy (non-hydrogen) atoms. The SMILES string of the molecule is COc1cccc(Nc2c(-c3ccc4c(c3)OCO4)nc3cnccn23)c1. The van der Waals surface area contributed by atoms with Gasteiger partial charge in [0.25, 0.3) is 0 Å². The molecule has 3 heterocycles. The Kier molecular flexibility index (Phi) is 3.57. The number of methoxy groups -OCH3 is 1. The minimum absolute atomic E-state index is 0.239. The van der Waals surface area contributed by atoms with Gasteiger partial charge in [0.2, 0.25) is 6.79 Å². The van der Waals surface area contributed by atoms with Crippen LogP contribution in [0.3, 0.4) is 0 Å². The second-order valence-electron chi connectivity index (χ2n) is 6.04. The van der Waals surface area contributed by atoms with Crippen LogP contribution < -0.4 is 19.5 Å². The quantitative estimate of drug-likeness (QED) is 0.596. The van der Waals surface area contributed by atoms with Gasteiger partial charge in [0.15, 0.2) is 17.1 Å². The molecule has 0 fully saturated rings. The zero-order chi connectivity index (χ0) is 18.2. The minimum atomic E-state index is 0.239. The third kappa shape index (κ3) is 2.69. The number of anilines is 2. The zero-order valence-corrected chi connectivity index (χ0v) is 14.5. The lowest BCUT2D eigenvalue weighted by Gasteiger charge is -2.10. The Bertz CT molecular complexity index is 1140. The van der Waals surface area contributed by atoms with Crippen LogP contribution in [0.1, 0.15) is 0 Å². The Balaban J connectivity index is 1.65. The highest BCUT2D eigenvalue weighted by Gasteiger charge is 2.19. The Morgan fingerprint density at radius 1 is 1.11 bits per heavy atom. The maximum atomic E-state index is 5.52. The predicted octanol–water partition coefficient (Wildman–Crippen LogP) is 3.88. The van der Waals surface area contributed by atoms with Gasteiger partial charge in [-0.3, -0.25) is 9.38 Å². The molecule has 1 N–H and O–H groups in total. The summed E-state index contributed by atoms with van der Waals surface area (Å²) in [5.74, 6) is 3.07. The first-order valence-corrected chi connectivity index (χ1v) is 8.45. The van der Waals surface area contributed by atoms with Gasteiger partial charge < -0.3 is 19.5 Å². The fourth-order valence-corrected chi connectivity index (χ4v) is 3.11. The second kappa shape index (κ2) is 6.21. The van der Waals surface area contributed by atoms with E-state index in [0.717, 1.165) is 45.7 Å². The summed E-state index contributed by atoms with van der Waals surface area (Å²) in [7, 11) is 1.65. The Labute approximate surface area is 155 Å². The fraction of sp³-hybridized carbons (Fsp3) is 0.100. The van der Waals surface area contributed by atoms with Crippen molar-refractivity contribution in [2.45, 2.75) is 0 Å². The number of aromatic nitrogens is 3. The van der Waals surface area contributed by atoms with Crippen molar-refractivity contribution in [2.24, 2.45) is 0 Å². The van der Waals surface area contributed by atoms with Gasteiger partial charge in [0, 0.05) is 29.7 Å². The van der Waals surface area contributed by atoms with E-state index in [0.29, 0.717) is 0 Å². The predicted molar refractivity (Wildman–Crippen MR) is 101 cm³/mol. The molecule has 0 saturated carbocycles. The van der Waals surface area contributed by atoms with Gasteiger partial charge in [-0.2, -0.15) is 0 Å². The van der Waals surface area contributed by atoms with Crippen molar-refractivity contribution in [3.63, 3.8) is 0 Å². The van der Waals surface area contributed by atoms with Gasteiger partial charge in [-0.15, -0.1) is 0 Å².